The Bertz CT molecular complexity index is 603. The summed E-state index contributed by atoms with van der Waals surface area (Å²) in [5.41, 5.74) is 0. The smallest absolute Gasteiger partial charge is 0.267 e. The summed E-state index contributed by atoms with van der Waals surface area (Å²) in [5, 5.41) is 14.5. The molecular weight excluding hydrogens is 300 g/mol. The number of carbonyl (C=O) groups is 1. The molecule has 1 aromatic heterocycles. The number of carbonyl (C=O) groups excluding carboxylic acids is 1. The molecule has 1 heterocycles. The van der Waals surface area contributed by atoms with Gasteiger partial charge in [0, 0.05) is 0 Å². The second-order valence-corrected chi connectivity index (χ2v) is 7.38. The first-order valence-electron chi connectivity index (χ1n) is 6.30. The van der Waals surface area contributed by atoms with Crippen LogP contribution >= 0.6 is 11.3 Å². The number of rotatable bonds is 4. The van der Waals surface area contributed by atoms with Gasteiger partial charge < -0.3 is 0 Å². The maximum Gasteiger partial charge on any atom is 0.267 e. The zero-order valence-corrected chi connectivity index (χ0v) is 12.4. The molecule has 110 valence electrons. The lowest BCUT2D eigenvalue weighted by molar-refractivity contribution is -0.111. The predicted octanol–water partition coefficient (Wildman–Crippen LogP) is 1.26. The lowest BCUT2D eigenvalue weighted by Crippen LogP contribution is -2.11. The molecule has 0 aliphatic heterocycles. The van der Waals surface area contributed by atoms with E-state index in [9.17, 15) is 13.2 Å². The van der Waals surface area contributed by atoms with Crippen LogP contribution in [0, 0.1) is 5.92 Å². The van der Waals surface area contributed by atoms with Gasteiger partial charge in [-0.15, -0.1) is 10.2 Å². The van der Waals surface area contributed by atoms with Crippen molar-refractivity contribution < 1.29 is 13.2 Å². The highest BCUT2D eigenvalue weighted by atomic mass is 32.2. The van der Waals surface area contributed by atoms with Gasteiger partial charge in [-0.05, 0) is 24.8 Å². The second kappa shape index (κ2) is 6.42. The van der Waals surface area contributed by atoms with Crippen LogP contribution in [0.2, 0.25) is 0 Å². The molecule has 1 saturated carbocycles. The van der Waals surface area contributed by atoms with Crippen molar-refractivity contribution in [3.63, 3.8) is 0 Å². The highest BCUT2D eigenvalue weighted by molar-refractivity contribution is 7.91. The summed E-state index contributed by atoms with van der Waals surface area (Å²) in [7, 11) is -3.87. The largest absolute Gasteiger partial charge is 0.297 e. The summed E-state index contributed by atoms with van der Waals surface area (Å²) in [5.74, 6) is 0.108. The molecule has 0 unspecified atom stereocenters. The van der Waals surface area contributed by atoms with Crippen LogP contribution in [0.4, 0.5) is 5.13 Å². The number of amides is 1. The number of hydrogen-bond donors (Lipinski definition) is 2. The summed E-state index contributed by atoms with van der Waals surface area (Å²) >= 11 is 0.729. The Hall–Kier alpha value is -1.32. The van der Waals surface area contributed by atoms with Crippen LogP contribution in [0.1, 0.15) is 32.1 Å². The Morgan fingerprint density at radius 1 is 1.30 bits per heavy atom. The van der Waals surface area contributed by atoms with Crippen molar-refractivity contribution >= 4 is 32.4 Å². The molecule has 1 aromatic rings. The number of allylic oxidation sites excluding steroid dienone is 1. The van der Waals surface area contributed by atoms with E-state index in [2.05, 4.69) is 15.5 Å². The standard InChI is InChI=1S/C11H16N4O3S2/c12-20(17,18)11-15-14-10(19-11)13-9(16)7-6-8-4-2-1-3-5-8/h6-8H,1-5H2,(H2,12,17,18)(H,13,14,16)/b7-6+. The van der Waals surface area contributed by atoms with E-state index < -0.39 is 10.0 Å². The lowest BCUT2D eigenvalue weighted by atomic mass is 9.89. The van der Waals surface area contributed by atoms with E-state index in [1.54, 1.807) is 0 Å². The maximum absolute atomic E-state index is 11.7. The molecule has 1 amide bonds. The minimum Gasteiger partial charge on any atom is -0.297 e. The number of primary sulfonamides is 1. The highest BCUT2D eigenvalue weighted by Gasteiger charge is 2.16. The summed E-state index contributed by atoms with van der Waals surface area (Å²) in [4.78, 5) is 11.7. The van der Waals surface area contributed by atoms with Gasteiger partial charge in [0.2, 0.25) is 15.4 Å². The third-order valence-corrected chi connectivity index (χ3v) is 5.20. The first kappa shape index (κ1) is 15.1. The highest BCUT2D eigenvalue weighted by Crippen LogP contribution is 2.24. The molecule has 0 saturated heterocycles. The van der Waals surface area contributed by atoms with E-state index in [0.29, 0.717) is 5.92 Å². The average molecular weight is 316 g/mol. The average Bonchev–Trinajstić information content (AvgIpc) is 2.86. The van der Waals surface area contributed by atoms with Crippen LogP contribution in [-0.4, -0.2) is 24.5 Å². The van der Waals surface area contributed by atoms with E-state index in [0.717, 1.165) is 24.2 Å². The molecule has 1 aliphatic carbocycles. The summed E-state index contributed by atoms with van der Waals surface area (Å²) < 4.78 is 21.7. The normalized spacial score (nSPS) is 17.4. The van der Waals surface area contributed by atoms with E-state index in [1.165, 1.54) is 25.3 Å². The Labute approximate surface area is 121 Å². The van der Waals surface area contributed by atoms with Crippen molar-refractivity contribution in [3.05, 3.63) is 12.2 Å². The molecule has 1 aliphatic rings. The molecule has 0 atom stereocenters. The van der Waals surface area contributed by atoms with Gasteiger partial charge >= 0.3 is 0 Å². The molecule has 0 radical (unpaired) electrons. The van der Waals surface area contributed by atoms with E-state index in [1.807, 2.05) is 6.08 Å². The zero-order chi connectivity index (χ0) is 14.6. The third-order valence-electron chi connectivity index (χ3n) is 3.05. The Morgan fingerprint density at radius 3 is 2.60 bits per heavy atom. The van der Waals surface area contributed by atoms with Crippen molar-refractivity contribution in [1.29, 1.82) is 0 Å². The number of sulfonamides is 1. The fourth-order valence-corrected chi connectivity index (χ4v) is 3.41. The lowest BCUT2D eigenvalue weighted by Gasteiger charge is -2.17. The van der Waals surface area contributed by atoms with Gasteiger partial charge in [-0.2, -0.15) is 0 Å². The number of nitrogens with one attached hydrogen (secondary N) is 1. The monoisotopic (exact) mass is 316 g/mol. The predicted molar refractivity (Wildman–Crippen MR) is 75.6 cm³/mol. The van der Waals surface area contributed by atoms with Crippen LogP contribution < -0.4 is 10.5 Å². The number of nitrogens with two attached hydrogens (primary N) is 1. The first-order chi connectivity index (χ1) is 9.45. The van der Waals surface area contributed by atoms with Gasteiger partial charge in [-0.25, -0.2) is 13.6 Å². The zero-order valence-electron chi connectivity index (χ0n) is 10.8. The molecule has 7 nitrogen and oxygen atoms in total. The van der Waals surface area contributed by atoms with Gasteiger partial charge in [0.15, 0.2) is 0 Å². The Morgan fingerprint density at radius 2 is 2.00 bits per heavy atom. The molecule has 2 rings (SSSR count). The Balaban J connectivity index is 1.91. The van der Waals surface area contributed by atoms with Crippen molar-refractivity contribution in [1.82, 2.24) is 10.2 Å². The summed E-state index contributed by atoms with van der Waals surface area (Å²) in [6.07, 6.45) is 9.24. The number of nitrogens with zero attached hydrogens (tertiary/aromatic N) is 2. The molecular formula is C11H16N4O3S2. The van der Waals surface area contributed by atoms with Gasteiger partial charge in [0.1, 0.15) is 0 Å². The molecule has 3 N–H and O–H groups in total. The number of anilines is 1. The Kier molecular flexibility index (Phi) is 4.84. The van der Waals surface area contributed by atoms with Crippen LogP contribution in [0.15, 0.2) is 16.5 Å². The summed E-state index contributed by atoms with van der Waals surface area (Å²) in [6, 6.07) is 0. The van der Waals surface area contributed by atoms with Crippen LogP contribution in [0.3, 0.4) is 0 Å². The quantitative estimate of drug-likeness (QED) is 0.641. The second-order valence-electron chi connectivity index (χ2n) is 4.66. The minimum atomic E-state index is -3.87. The molecule has 0 aromatic carbocycles. The van der Waals surface area contributed by atoms with Crippen molar-refractivity contribution in [2.24, 2.45) is 11.1 Å². The molecule has 20 heavy (non-hydrogen) atoms. The SMILES string of the molecule is NS(=O)(=O)c1nnc(NC(=O)/C=C/C2CCCCC2)s1. The van der Waals surface area contributed by atoms with E-state index in [-0.39, 0.29) is 15.4 Å². The molecule has 0 bridgehead atoms. The topological polar surface area (TPSA) is 115 Å². The third kappa shape index (κ3) is 4.36. The van der Waals surface area contributed by atoms with Gasteiger partial charge in [0.05, 0.1) is 0 Å². The van der Waals surface area contributed by atoms with Crippen molar-refractivity contribution in [2.45, 2.75) is 36.4 Å². The van der Waals surface area contributed by atoms with Gasteiger partial charge in [0.25, 0.3) is 10.0 Å². The van der Waals surface area contributed by atoms with Crippen molar-refractivity contribution in [3.8, 4) is 0 Å². The minimum absolute atomic E-state index is 0.118. The van der Waals surface area contributed by atoms with Crippen molar-refractivity contribution in [2.75, 3.05) is 5.32 Å². The molecule has 9 heteroatoms. The molecule has 0 spiro atoms. The van der Waals surface area contributed by atoms with E-state index >= 15 is 0 Å². The summed E-state index contributed by atoms with van der Waals surface area (Å²) in [6.45, 7) is 0. The maximum atomic E-state index is 11.7. The van der Waals surface area contributed by atoms with Gasteiger partial charge in [-0.1, -0.05) is 36.7 Å². The first-order valence-corrected chi connectivity index (χ1v) is 8.67. The van der Waals surface area contributed by atoms with Crippen LogP contribution in [0.5, 0.6) is 0 Å². The van der Waals surface area contributed by atoms with Crippen LogP contribution in [-0.2, 0) is 14.8 Å². The number of hydrogen-bond acceptors (Lipinski definition) is 6. The fraction of sp³-hybridized carbons (Fsp3) is 0.545. The fourth-order valence-electron chi connectivity index (χ4n) is 2.07. The number of aromatic nitrogens is 2. The molecule has 1 fully saturated rings. The van der Waals surface area contributed by atoms with E-state index in [4.69, 9.17) is 5.14 Å². The van der Waals surface area contributed by atoms with Gasteiger partial charge in [-0.3, -0.25) is 10.1 Å². The van der Waals surface area contributed by atoms with Crippen LogP contribution in [0.25, 0.3) is 0 Å².